The van der Waals surface area contributed by atoms with Crippen LogP contribution < -0.4 is 16.2 Å². The highest BCUT2D eigenvalue weighted by Gasteiger charge is 2.32. The summed E-state index contributed by atoms with van der Waals surface area (Å²) in [7, 11) is 1.56. The Labute approximate surface area is 269 Å². The first kappa shape index (κ1) is 30.1. The molecule has 1 atom stereocenters. The van der Waals surface area contributed by atoms with Crippen molar-refractivity contribution < 1.29 is 9.59 Å². The average Bonchev–Trinajstić information content (AvgIpc) is 3.60. The van der Waals surface area contributed by atoms with Crippen LogP contribution in [-0.2, 0) is 19.5 Å². The molecule has 12 heteroatoms. The SMILES string of the molecule is CNC(=O)c1ccc(-n2c(NCc3ccccc3-n3ccnc3)nc3c(c2=O)C[C@@H](C)N(C(=O)c2ccc(Cl)c(Cl)c2)C3)cc1. The molecule has 5 aromatic rings. The lowest BCUT2D eigenvalue weighted by Gasteiger charge is -2.34. The number of carbonyl (C=O) groups is 2. The summed E-state index contributed by atoms with van der Waals surface area (Å²) in [6.07, 6.45) is 5.61. The summed E-state index contributed by atoms with van der Waals surface area (Å²) in [4.78, 5) is 50.7. The smallest absolute Gasteiger partial charge is 0.263 e. The zero-order chi connectivity index (χ0) is 31.7. The van der Waals surface area contributed by atoms with Crippen molar-refractivity contribution >= 4 is 41.0 Å². The lowest BCUT2D eigenvalue weighted by atomic mass is 9.98. The van der Waals surface area contributed by atoms with E-state index < -0.39 is 0 Å². The van der Waals surface area contributed by atoms with Gasteiger partial charge in [0.05, 0.1) is 40.0 Å². The van der Waals surface area contributed by atoms with E-state index in [0.717, 1.165) is 11.3 Å². The van der Waals surface area contributed by atoms with E-state index in [2.05, 4.69) is 15.6 Å². The van der Waals surface area contributed by atoms with Gasteiger partial charge in [-0.1, -0.05) is 41.4 Å². The standard InChI is InChI=1S/C33H29Cl2N7O3/c1-20-15-25-28(18-41(20)31(44)22-9-12-26(34)27(35)16-22)39-33(38-17-23-5-3-4-6-29(23)40-14-13-37-19-40)42(32(25)45)24-10-7-21(8-11-24)30(43)36-2/h3-14,16,19-20H,15,17-18H2,1-2H3,(H,36,43)(H,38,39)/t20-/m1/s1. The van der Waals surface area contributed by atoms with Crippen LogP contribution in [-0.4, -0.2) is 48.9 Å². The molecule has 3 aromatic carbocycles. The predicted molar refractivity (Wildman–Crippen MR) is 174 cm³/mol. The quantitative estimate of drug-likeness (QED) is 0.250. The van der Waals surface area contributed by atoms with Crippen molar-refractivity contribution in [1.29, 1.82) is 0 Å². The van der Waals surface area contributed by atoms with E-state index in [9.17, 15) is 14.4 Å². The molecule has 6 rings (SSSR count). The molecule has 1 aliphatic rings. The lowest BCUT2D eigenvalue weighted by Crippen LogP contribution is -2.46. The van der Waals surface area contributed by atoms with Crippen LogP contribution in [0.2, 0.25) is 10.0 Å². The molecule has 10 nitrogen and oxygen atoms in total. The number of nitrogens with one attached hydrogen (secondary N) is 2. The molecule has 0 saturated carbocycles. The molecule has 45 heavy (non-hydrogen) atoms. The molecular formula is C33H29Cl2N7O3. The highest BCUT2D eigenvalue weighted by Crippen LogP contribution is 2.28. The van der Waals surface area contributed by atoms with Crippen LogP contribution in [0.5, 0.6) is 0 Å². The molecule has 2 amide bonds. The molecule has 228 valence electrons. The molecule has 3 heterocycles. The molecule has 0 bridgehead atoms. The lowest BCUT2D eigenvalue weighted by molar-refractivity contribution is 0.0653. The average molecular weight is 643 g/mol. The van der Waals surface area contributed by atoms with Crippen LogP contribution in [0.25, 0.3) is 11.4 Å². The maximum absolute atomic E-state index is 14.2. The van der Waals surface area contributed by atoms with E-state index in [4.69, 9.17) is 28.2 Å². The Hall–Kier alpha value is -4.93. The third-order valence-electron chi connectivity index (χ3n) is 7.87. The Morgan fingerprint density at radius 2 is 1.76 bits per heavy atom. The topological polar surface area (TPSA) is 114 Å². The van der Waals surface area contributed by atoms with Crippen molar-refractivity contribution in [1.82, 2.24) is 29.3 Å². The van der Waals surface area contributed by atoms with Gasteiger partial charge in [0.1, 0.15) is 0 Å². The molecule has 2 N–H and O–H groups in total. The monoisotopic (exact) mass is 641 g/mol. The fourth-order valence-electron chi connectivity index (χ4n) is 5.48. The number of halogens is 2. The van der Waals surface area contributed by atoms with Crippen molar-refractivity contribution in [2.75, 3.05) is 12.4 Å². The van der Waals surface area contributed by atoms with Gasteiger partial charge in [0.15, 0.2) is 0 Å². The van der Waals surface area contributed by atoms with E-state index in [1.165, 1.54) is 4.57 Å². The van der Waals surface area contributed by atoms with Gasteiger partial charge in [-0.25, -0.2) is 14.5 Å². The molecule has 1 aliphatic heterocycles. The maximum atomic E-state index is 14.2. The van der Waals surface area contributed by atoms with Crippen LogP contribution in [0.4, 0.5) is 5.95 Å². The highest BCUT2D eigenvalue weighted by atomic mass is 35.5. The molecule has 0 aliphatic carbocycles. The van der Waals surface area contributed by atoms with Crippen LogP contribution in [0.15, 0.2) is 90.2 Å². The molecular weight excluding hydrogens is 613 g/mol. The number of nitrogens with zero attached hydrogens (tertiary/aromatic N) is 5. The number of hydrogen-bond acceptors (Lipinski definition) is 6. The Balaban J connectivity index is 1.40. The summed E-state index contributed by atoms with van der Waals surface area (Å²) < 4.78 is 3.44. The fraction of sp³-hybridized carbons (Fsp3) is 0.182. The molecule has 0 fully saturated rings. The largest absolute Gasteiger partial charge is 0.355 e. The number of benzene rings is 3. The fourth-order valence-corrected chi connectivity index (χ4v) is 5.78. The maximum Gasteiger partial charge on any atom is 0.263 e. The molecule has 0 spiro atoms. The van der Waals surface area contributed by atoms with E-state index in [-0.39, 0.29) is 30.0 Å². The minimum atomic E-state index is -0.279. The zero-order valence-corrected chi connectivity index (χ0v) is 26.0. The first-order valence-electron chi connectivity index (χ1n) is 14.3. The second-order valence-corrected chi connectivity index (χ2v) is 11.5. The van der Waals surface area contributed by atoms with Gasteiger partial charge in [0, 0.05) is 48.7 Å². The Morgan fingerprint density at radius 1 is 1.00 bits per heavy atom. The van der Waals surface area contributed by atoms with Crippen molar-refractivity contribution in [2.24, 2.45) is 0 Å². The number of hydrogen-bond donors (Lipinski definition) is 2. The van der Waals surface area contributed by atoms with Crippen LogP contribution in [0.3, 0.4) is 0 Å². The van der Waals surface area contributed by atoms with E-state index in [0.29, 0.717) is 57.0 Å². The number of amides is 2. The first-order valence-corrected chi connectivity index (χ1v) is 15.0. The molecule has 0 unspecified atom stereocenters. The Kier molecular flexibility index (Phi) is 8.42. The van der Waals surface area contributed by atoms with Crippen LogP contribution >= 0.6 is 23.2 Å². The molecule has 2 aromatic heterocycles. The van der Waals surface area contributed by atoms with Crippen molar-refractivity contribution in [3.05, 3.63) is 134 Å². The third-order valence-corrected chi connectivity index (χ3v) is 8.61. The Bertz CT molecular complexity index is 1960. The summed E-state index contributed by atoms with van der Waals surface area (Å²) >= 11 is 12.3. The summed E-state index contributed by atoms with van der Waals surface area (Å²) in [6.45, 7) is 2.39. The zero-order valence-electron chi connectivity index (χ0n) is 24.5. The minimum absolute atomic E-state index is 0.140. The van der Waals surface area contributed by atoms with Crippen molar-refractivity contribution in [3.8, 4) is 11.4 Å². The van der Waals surface area contributed by atoms with Gasteiger partial charge in [0.25, 0.3) is 17.4 Å². The second kappa shape index (κ2) is 12.6. The minimum Gasteiger partial charge on any atom is -0.355 e. The summed E-state index contributed by atoms with van der Waals surface area (Å²) in [5.74, 6) is -0.151. The number of imidazole rings is 1. The normalized spacial score (nSPS) is 14.1. The summed E-state index contributed by atoms with van der Waals surface area (Å²) in [5, 5.41) is 6.64. The summed E-state index contributed by atoms with van der Waals surface area (Å²) in [6, 6.07) is 19.1. The van der Waals surface area contributed by atoms with E-state index in [1.54, 1.807) is 66.9 Å². The van der Waals surface area contributed by atoms with Gasteiger partial charge in [0.2, 0.25) is 5.95 Å². The van der Waals surface area contributed by atoms with Gasteiger partial charge in [-0.3, -0.25) is 14.4 Å². The number of aromatic nitrogens is 4. The van der Waals surface area contributed by atoms with Gasteiger partial charge >= 0.3 is 0 Å². The highest BCUT2D eigenvalue weighted by molar-refractivity contribution is 6.42. The Morgan fingerprint density at radius 3 is 2.47 bits per heavy atom. The first-order chi connectivity index (χ1) is 21.7. The van der Waals surface area contributed by atoms with Crippen LogP contribution in [0.1, 0.15) is 44.5 Å². The molecule has 0 saturated heterocycles. The third kappa shape index (κ3) is 5.94. The van der Waals surface area contributed by atoms with Crippen molar-refractivity contribution in [2.45, 2.75) is 32.5 Å². The van der Waals surface area contributed by atoms with Gasteiger partial charge in [-0.2, -0.15) is 0 Å². The number of anilines is 1. The van der Waals surface area contributed by atoms with Gasteiger partial charge in [-0.05, 0) is 67.4 Å². The second-order valence-electron chi connectivity index (χ2n) is 10.7. The number of carbonyl (C=O) groups excluding carboxylic acids is 2. The number of para-hydroxylation sites is 1. The van der Waals surface area contributed by atoms with E-state index >= 15 is 0 Å². The summed E-state index contributed by atoms with van der Waals surface area (Å²) in [5.41, 5.74) is 4.09. The van der Waals surface area contributed by atoms with Gasteiger partial charge in [-0.15, -0.1) is 0 Å². The number of rotatable bonds is 7. The number of fused-ring (bicyclic) bond motifs is 1. The van der Waals surface area contributed by atoms with Crippen molar-refractivity contribution in [3.63, 3.8) is 0 Å². The predicted octanol–water partition coefficient (Wildman–Crippen LogP) is 5.28. The molecule has 0 radical (unpaired) electrons. The van der Waals surface area contributed by atoms with E-state index in [1.807, 2.05) is 42.0 Å². The van der Waals surface area contributed by atoms with Crippen LogP contribution in [0, 0.1) is 0 Å². The van der Waals surface area contributed by atoms with Gasteiger partial charge < -0.3 is 20.1 Å².